The van der Waals surface area contributed by atoms with Gasteiger partial charge in [-0.25, -0.2) is 0 Å². The molecule has 5 heteroatoms. The average molecular weight is 274 g/mol. The summed E-state index contributed by atoms with van der Waals surface area (Å²) in [6.45, 7) is 3.88. The van der Waals surface area contributed by atoms with Crippen molar-refractivity contribution in [3.8, 4) is 0 Å². The van der Waals surface area contributed by atoms with E-state index in [0.717, 1.165) is 11.3 Å². The van der Waals surface area contributed by atoms with Gasteiger partial charge in [0.25, 0.3) is 5.91 Å². The van der Waals surface area contributed by atoms with Gasteiger partial charge in [-0.3, -0.25) is 9.59 Å². The van der Waals surface area contributed by atoms with Crippen LogP contribution < -0.4 is 10.6 Å². The lowest BCUT2D eigenvalue weighted by Gasteiger charge is -2.49. The Hall–Kier alpha value is -1.88. The van der Waals surface area contributed by atoms with Crippen molar-refractivity contribution in [3.63, 3.8) is 0 Å². The number of carbonyl (C=O) groups excluding carboxylic acids is 2. The molecule has 3 N–H and O–H groups in total. The first-order chi connectivity index (χ1) is 9.38. The van der Waals surface area contributed by atoms with Crippen LogP contribution in [-0.4, -0.2) is 29.1 Å². The summed E-state index contributed by atoms with van der Waals surface area (Å²) in [6.07, 6.45) is 0.544. The van der Waals surface area contributed by atoms with Gasteiger partial charge in [0.1, 0.15) is 0 Å². The number of aliphatic hydroxyl groups excluding tert-OH is 1. The zero-order valence-corrected chi connectivity index (χ0v) is 11.6. The van der Waals surface area contributed by atoms with Crippen LogP contribution in [0.5, 0.6) is 0 Å². The Morgan fingerprint density at radius 1 is 1.45 bits per heavy atom. The molecule has 2 unspecified atom stereocenters. The van der Waals surface area contributed by atoms with Crippen LogP contribution >= 0.6 is 0 Å². The number of nitrogens with one attached hydrogen (secondary N) is 2. The van der Waals surface area contributed by atoms with E-state index in [0.29, 0.717) is 18.4 Å². The van der Waals surface area contributed by atoms with Gasteiger partial charge in [-0.1, -0.05) is 13.8 Å². The van der Waals surface area contributed by atoms with Crippen molar-refractivity contribution in [2.75, 3.05) is 5.32 Å². The highest BCUT2D eigenvalue weighted by Crippen LogP contribution is 2.40. The number of rotatable bonds is 2. The second-order valence-electron chi connectivity index (χ2n) is 6.20. The van der Waals surface area contributed by atoms with E-state index < -0.39 is 0 Å². The SMILES string of the molecule is CC1(C)C(O)CC1NC(=O)c1ccc2c(c1)CC(=O)N2. The molecule has 3 rings (SSSR count). The lowest BCUT2D eigenvalue weighted by molar-refractivity contribution is -0.115. The number of fused-ring (bicyclic) bond motifs is 1. The zero-order valence-electron chi connectivity index (χ0n) is 11.6. The topological polar surface area (TPSA) is 78.4 Å². The monoisotopic (exact) mass is 274 g/mol. The zero-order chi connectivity index (χ0) is 14.5. The highest BCUT2D eigenvalue weighted by molar-refractivity contribution is 6.01. The fraction of sp³-hybridized carbons (Fsp3) is 0.467. The third-order valence-corrected chi connectivity index (χ3v) is 4.51. The Morgan fingerprint density at radius 3 is 2.85 bits per heavy atom. The van der Waals surface area contributed by atoms with Crippen LogP contribution in [0.3, 0.4) is 0 Å². The first-order valence-electron chi connectivity index (χ1n) is 6.79. The van der Waals surface area contributed by atoms with E-state index in [1.165, 1.54) is 0 Å². The molecule has 0 radical (unpaired) electrons. The van der Waals surface area contributed by atoms with Crippen molar-refractivity contribution in [3.05, 3.63) is 29.3 Å². The quantitative estimate of drug-likeness (QED) is 0.755. The predicted octanol–water partition coefficient (Wildman–Crippen LogP) is 1.07. The number of anilines is 1. The number of amides is 2. The molecular weight excluding hydrogens is 256 g/mol. The highest BCUT2D eigenvalue weighted by atomic mass is 16.3. The average Bonchev–Trinajstić information content (AvgIpc) is 2.77. The molecule has 0 bridgehead atoms. The normalized spacial score (nSPS) is 26.4. The Morgan fingerprint density at radius 2 is 2.20 bits per heavy atom. The van der Waals surface area contributed by atoms with E-state index in [-0.39, 0.29) is 29.4 Å². The minimum atomic E-state index is -0.366. The van der Waals surface area contributed by atoms with E-state index in [4.69, 9.17) is 0 Å². The first kappa shape index (κ1) is 13.1. The van der Waals surface area contributed by atoms with Crippen molar-refractivity contribution in [1.29, 1.82) is 0 Å². The summed E-state index contributed by atoms with van der Waals surface area (Å²) in [5.41, 5.74) is 1.91. The van der Waals surface area contributed by atoms with Gasteiger partial charge in [-0.05, 0) is 30.2 Å². The summed E-state index contributed by atoms with van der Waals surface area (Å²) in [5.74, 6) is -0.196. The Bertz CT molecular complexity index is 595. The minimum Gasteiger partial charge on any atom is -0.392 e. The minimum absolute atomic E-state index is 0.0157. The van der Waals surface area contributed by atoms with Crippen molar-refractivity contribution in [1.82, 2.24) is 5.32 Å². The molecule has 1 fully saturated rings. The second kappa shape index (κ2) is 4.31. The summed E-state index contributed by atoms with van der Waals surface area (Å²) in [7, 11) is 0. The van der Waals surface area contributed by atoms with Crippen molar-refractivity contribution >= 4 is 17.5 Å². The van der Waals surface area contributed by atoms with E-state index in [9.17, 15) is 14.7 Å². The molecule has 2 amide bonds. The molecule has 1 aliphatic carbocycles. The number of aliphatic hydroxyl groups is 1. The molecule has 1 aliphatic heterocycles. The molecule has 1 aromatic rings. The summed E-state index contributed by atoms with van der Waals surface area (Å²) < 4.78 is 0. The molecule has 0 saturated heterocycles. The highest BCUT2D eigenvalue weighted by Gasteiger charge is 2.48. The third kappa shape index (κ3) is 1.98. The van der Waals surface area contributed by atoms with Crippen molar-refractivity contribution in [2.24, 2.45) is 5.41 Å². The second-order valence-corrected chi connectivity index (χ2v) is 6.20. The maximum atomic E-state index is 12.2. The molecule has 0 aromatic heterocycles. The molecule has 1 aromatic carbocycles. The Balaban J connectivity index is 1.73. The van der Waals surface area contributed by atoms with E-state index in [2.05, 4.69) is 10.6 Å². The summed E-state index contributed by atoms with van der Waals surface area (Å²) in [5, 5.41) is 15.4. The maximum Gasteiger partial charge on any atom is 0.251 e. The Labute approximate surface area is 117 Å². The van der Waals surface area contributed by atoms with Gasteiger partial charge in [0, 0.05) is 22.7 Å². The van der Waals surface area contributed by atoms with Gasteiger partial charge in [-0.2, -0.15) is 0 Å². The molecule has 5 nitrogen and oxygen atoms in total. The molecule has 0 spiro atoms. The number of hydrogen-bond donors (Lipinski definition) is 3. The molecule has 1 saturated carbocycles. The van der Waals surface area contributed by atoms with Crippen LogP contribution in [-0.2, 0) is 11.2 Å². The molecule has 2 aliphatic rings. The molecule has 1 heterocycles. The summed E-state index contributed by atoms with van der Waals surface area (Å²) in [4.78, 5) is 23.5. The molecular formula is C15H18N2O3. The first-order valence-corrected chi connectivity index (χ1v) is 6.79. The summed E-state index contributed by atoms with van der Waals surface area (Å²) >= 11 is 0. The van der Waals surface area contributed by atoms with Crippen molar-refractivity contribution in [2.45, 2.75) is 38.8 Å². The standard InChI is InChI=1S/C15H18N2O3/c1-15(2)11(7-12(15)18)17-14(20)8-3-4-10-9(5-8)6-13(19)16-10/h3-5,11-12,18H,6-7H2,1-2H3,(H,16,19)(H,17,20). The van der Waals surface area contributed by atoms with Gasteiger partial charge in [-0.15, -0.1) is 0 Å². The van der Waals surface area contributed by atoms with Gasteiger partial charge in [0.15, 0.2) is 0 Å². The Kier molecular flexibility index (Phi) is 2.83. The van der Waals surface area contributed by atoms with Gasteiger partial charge in [0.05, 0.1) is 12.5 Å². The number of carbonyl (C=O) groups is 2. The fourth-order valence-corrected chi connectivity index (χ4v) is 2.76. The largest absolute Gasteiger partial charge is 0.392 e. The van der Waals surface area contributed by atoms with E-state index >= 15 is 0 Å². The van der Waals surface area contributed by atoms with Crippen LogP contribution in [0.1, 0.15) is 36.2 Å². The lowest BCUT2D eigenvalue weighted by Crippen LogP contribution is -2.61. The smallest absolute Gasteiger partial charge is 0.251 e. The van der Waals surface area contributed by atoms with Crippen molar-refractivity contribution < 1.29 is 14.7 Å². The maximum absolute atomic E-state index is 12.2. The van der Waals surface area contributed by atoms with Crippen LogP contribution in [0.25, 0.3) is 0 Å². The molecule has 20 heavy (non-hydrogen) atoms. The van der Waals surface area contributed by atoms with Gasteiger partial charge >= 0.3 is 0 Å². The summed E-state index contributed by atoms with van der Waals surface area (Å²) in [6, 6.07) is 5.21. The number of hydrogen-bond acceptors (Lipinski definition) is 3. The van der Waals surface area contributed by atoms with Gasteiger partial charge in [0.2, 0.25) is 5.91 Å². The van der Waals surface area contributed by atoms with E-state index in [1.54, 1.807) is 18.2 Å². The van der Waals surface area contributed by atoms with Crippen LogP contribution in [0.15, 0.2) is 18.2 Å². The third-order valence-electron chi connectivity index (χ3n) is 4.51. The number of benzene rings is 1. The van der Waals surface area contributed by atoms with Crippen LogP contribution in [0.2, 0.25) is 0 Å². The van der Waals surface area contributed by atoms with Gasteiger partial charge < -0.3 is 15.7 Å². The van der Waals surface area contributed by atoms with Crippen LogP contribution in [0.4, 0.5) is 5.69 Å². The van der Waals surface area contributed by atoms with Crippen LogP contribution in [0, 0.1) is 5.41 Å². The fourth-order valence-electron chi connectivity index (χ4n) is 2.76. The molecule has 106 valence electrons. The lowest BCUT2D eigenvalue weighted by atomic mass is 9.64. The molecule has 2 atom stereocenters. The predicted molar refractivity (Wildman–Crippen MR) is 74.4 cm³/mol. The van der Waals surface area contributed by atoms with E-state index in [1.807, 2.05) is 13.8 Å².